The van der Waals surface area contributed by atoms with E-state index in [0.717, 1.165) is 0 Å². The first-order chi connectivity index (χ1) is 3.95. The van der Waals surface area contributed by atoms with Gasteiger partial charge in [-0.2, -0.15) is 0 Å². The van der Waals surface area contributed by atoms with Crippen LogP contribution in [0.5, 0.6) is 0 Å². The summed E-state index contributed by atoms with van der Waals surface area (Å²) in [5.41, 5.74) is -0.255. The maximum atomic E-state index is 10.0. The van der Waals surface area contributed by atoms with Crippen molar-refractivity contribution in [3.8, 4) is 0 Å². The fourth-order valence-electron chi connectivity index (χ4n) is 0.366. The number of carbonyl (C=O) groups excluding carboxylic acids is 1. The van der Waals surface area contributed by atoms with Gasteiger partial charge in [-0.15, -0.1) is 0 Å². The van der Waals surface area contributed by atoms with E-state index in [1.165, 1.54) is 0 Å². The van der Waals surface area contributed by atoms with Gasteiger partial charge in [-0.05, 0) is 36.7 Å². The van der Waals surface area contributed by atoms with E-state index in [1.54, 1.807) is 0 Å². The Hall–Kier alpha value is 0.110. The molecule has 0 aromatic heterocycles. The van der Waals surface area contributed by atoms with E-state index in [2.05, 4.69) is 15.9 Å². The molecule has 0 fully saturated rings. The quantitative estimate of drug-likeness (QED) is 0.495. The molecule has 3 heteroatoms. The lowest BCUT2D eigenvalue weighted by Crippen LogP contribution is -2.24. The van der Waals surface area contributed by atoms with Crippen molar-refractivity contribution in [2.45, 2.75) is 31.4 Å². The van der Waals surface area contributed by atoms with Crippen molar-refractivity contribution >= 4 is 22.2 Å². The fraction of sp³-hybridized carbons (Fsp3) is 0.833. The molecule has 54 valence electrons. The van der Waals surface area contributed by atoms with Gasteiger partial charge in [0.15, 0.2) is 11.3 Å². The standard InChI is InChI=1S/C6H11BrO2/c1-6(2,3)9-5(7)4-8/h4-5H,1-3H3. The van der Waals surface area contributed by atoms with Crippen LogP contribution in [-0.4, -0.2) is 16.9 Å². The van der Waals surface area contributed by atoms with Gasteiger partial charge in [0.2, 0.25) is 0 Å². The molecule has 0 rings (SSSR count). The SMILES string of the molecule is CC(C)(C)OC(Br)C=O. The molecule has 1 unspecified atom stereocenters. The molecule has 0 heterocycles. The number of carbonyl (C=O) groups is 1. The molecule has 0 aliphatic carbocycles. The predicted octanol–water partition coefficient (Wildman–Crippen LogP) is 1.72. The fourth-order valence-corrected chi connectivity index (χ4v) is 0.926. The molecule has 0 amide bonds. The van der Waals surface area contributed by atoms with Crippen molar-refractivity contribution in [1.82, 2.24) is 0 Å². The Morgan fingerprint density at radius 2 is 2.00 bits per heavy atom. The highest BCUT2D eigenvalue weighted by atomic mass is 79.9. The van der Waals surface area contributed by atoms with Crippen LogP contribution >= 0.6 is 15.9 Å². The molecule has 0 spiro atoms. The summed E-state index contributed by atoms with van der Waals surface area (Å²) in [5.74, 6) is 0. The monoisotopic (exact) mass is 194 g/mol. The maximum absolute atomic E-state index is 10.0. The van der Waals surface area contributed by atoms with Crippen LogP contribution in [0.25, 0.3) is 0 Å². The van der Waals surface area contributed by atoms with Crippen LogP contribution in [0.3, 0.4) is 0 Å². The summed E-state index contributed by atoms with van der Waals surface area (Å²) in [5, 5.41) is -0.475. The first-order valence-corrected chi connectivity index (χ1v) is 3.64. The summed E-state index contributed by atoms with van der Waals surface area (Å²) < 4.78 is 5.14. The van der Waals surface area contributed by atoms with E-state index in [4.69, 9.17) is 4.74 Å². The highest BCUT2D eigenvalue weighted by Gasteiger charge is 2.14. The Morgan fingerprint density at radius 3 is 2.11 bits per heavy atom. The van der Waals surface area contributed by atoms with Crippen molar-refractivity contribution in [2.75, 3.05) is 0 Å². The second-order valence-electron chi connectivity index (χ2n) is 2.72. The van der Waals surface area contributed by atoms with Gasteiger partial charge in [0.05, 0.1) is 5.60 Å². The molecule has 0 aliphatic rings. The zero-order chi connectivity index (χ0) is 7.49. The lowest BCUT2D eigenvalue weighted by Gasteiger charge is -2.20. The number of rotatable bonds is 2. The molecule has 2 nitrogen and oxygen atoms in total. The molecular formula is C6H11BrO2. The zero-order valence-electron chi connectivity index (χ0n) is 5.85. The molecule has 0 N–H and O–H groups in total. The predicted molar refractivity (Wildman–Crippen MR) is 39.6 cm³/mol. The summed E-state index contributed by atoms with van der Waals surface area (Å²) in [4.78, 5) is 10.0. The van der Waals surface area contributed by atoms with E-state index < -0.39 is 5.01 Å². The third-order valence-corrected chi connectivity index (χ3v) is 0.976. The topological polar surface area (TPSA) is 26.3 Å². The van der Waals surface area contributed by atoms with E-state index in [-0.39, 0.29) is 5.60 Å². The number of ether oxygens (including phenoxy) is 1. The first kappa shape index (κ1) is 9.11. The average molecular weight is 195 g/mol. The zero-order valence-corrected chi connectivity index (χ0v) is 7.44. The average Bonchev–Trinajstić information content (AvgIpc) is 1.62. The molecule has 0 saturated heterocycles. The maximum Gasteiger partial charge on any atom is 0.168 e. The smallest absolute Gasteiger partial charge is 0.168 e. The van der Waals surface area contributed by atoms with Crippen molar-refractivity contribution in [3.63, 3.8) is 0 Å². The van der Waals surface area contributed by atoms with Crippen LogP contribution in [0.15, 0.2) is 0 Å². The minimum Gasteiger partial charge on any atom is -0.354 e. The number of hydrogen-bond acceptors (Lipinski definition) is 2. The van der Waals surface area contributed by atoms with Crippen LogP contribution in [0.2, 0.25) is 0 Å². The third-order valence-electron chi connectivity index (χ3n) is 0.573. The summed E-state index contributed by atoms with van der Waals surface area (Å²) in [7, 11) is 0. The van der Waals surface area contributed by atoms with Crippen molar-refractivity contribution in [2.24, 2.45) is 0 Å². The summed E-state index contributed by atoms with van der Waals surface area (Å²) >= 11 is 3.02. The highest BCUT2D eigenvalue weighted by molar-refractivity contribution is 9.09. The number of hydrogen-bond donors (Lipinski definition) is 0. The van der Waals surface area contributed by atoms with Gasteiger partial charge < -0.3 is 4.74 Å². The summed E-state index contributed by atoms with van der Waals surface area (Å²) in [6.07, 6.45) is 0.714. The molecule has 1 atom stereocenters. The number of alkyl halides is 1. The van der Waals surface area contributed by atoms with Gasteiger partial charge in [-0.3, -0.25) is 4.79 Å². The van der Waals surface area contributed by atoms with Gasteiger partial charge in [0, 0.05) is 0 Å². The van der Waals surface area contributed by atoms with Gasteiger partial charge in [-0.1, -0.05) is 0 Å². The van der Waals surface area contributed by atoms with E-state index in [1.807, 2.05) is 20.8 Å². The highest BCUT2D eigenvalue weighted by Crippen LogP contribution is 2.12. The Kier molecular flexibility index (Phi) is 3.36. The van der Waals surface area contributed by atoms with Crippen LogP contribution < -0.4 is 0 Å². The van der Waals surface area contributed by atoms with Crippen LogP contribution in [-0.2, 0) is 9.53 Å². The molecule has 0 aliphatic heterocycles. The molecule has 0 saturated carbocycles. The minimum atomic E-state index is -0.475. The molecule has 0 aromatic carbocycles. The minimum absolute atomic E-state index is 0.255. The number of halogens is 1. The van der Waals surface area contributed by atoms with Crippen molar-refractivity contribution in [1.29, 1.82) is 0 Å². The number of aldehydes is 1. The Bertz CT molecular complexity index is 95.7. The van der Waals surface area contributed by atoms with Gasteiger partial charge in [-0.25, -0.2) is 0 Å². The largest absolute Gasteiger partial charge is 0.354 e. The lowest BCUT2D eigenvalue weighted by molar-refractivity contribution is -0.118. The van der Waals surface area contributed by atoms with E-state index in [0.29, 0.717) is 6.29 Å². The van der Waals surface area contributed by atoms with Crippen LogP contribution in [0, 0.1) is 0 Å². The molecule has 9 heavy (non-hydrogen) atoms. The second-order valence-corrected chi connectivity index (χ2v) is 3.62. The Balaban J connectivity index is 3.59. The van der Waals surface area contributed by atoms with Gasteiger partial charge in [0.1, 0.15) is 0 Å². The summed E-state index contributed by atoms with van der Waals surface area (Å²) in [6.45, 7) is 5.68. The lowest BCUT2D eigenvalue weighted by atomic mass is 10.2. The van der Waals surface area contributed by atoms with E-state index in [9.17, 15) is 4.79 Å². The third kappa shape index (κ3) is 5.99. The van der Waals surface area contributed by atoms with Crippen LogP contribution in [0.4, 0.5) is 0 Å². The Labute approximate surface area is 63.7 Å². The van der Waals surface area contributed by atoms with Crippen molar-refractivity contribution in [3.05, 3.63) is 0 Å². The molecule has 0 bridgehead atoms. The molecule has 0 radical (unpaired) electrons. The van der Waals surface area contributed by atoms with E-state index >= 15 is 0 Å². The Morgan fingerprint density at radius 1 is 1.56 bits per heavy atom. The second kappa shape index (κ2) is 3.32. The normalized spacial score (nSPS) is 15.1. The molecular weight excluding hydrogens is 184 g/mol. The summed E-state index contributed by atoms with van der Waals surface area (Å²) in [6, 6.07) is 0. The molecule has 0 aromatic rings. The first-order valence-electron chi connectivity index (χ1n) is 2.73. The van der Waals surface area contributed by atoms with Crippen LogP contribution in [0.1, 0.15) is 20.8 Å². The van der Waals surface area contributed by atoms with Gasteiger partial charge in [0.25, 0.3) is 0 Å². The van der Waals surface area contributed by atoms with Gasteiger partial charge >= 0.3 is 0 Å². The van der Waals surface area contributed by atoms with Crippen molar-refractivity contribution < 1.29 is 9.53 Å².